The molecule has 3 rings (SSSR count). The maximum atomic E-state index is 14.1. The van der Waals surface area contributed by atoms with Crippen LogP contribution in [0.5, 0.6) is 0 Å². The van der Waals surface area contributed by atoms with Gasteiger partial charge in [0.25, 0.3) is 5.91 Å². The summed E-state index contributed by atoms with van der Waals surface area (Å²) in [6, 6.07) is 2.13. The highest BCUT2D eigenvalue weighted by Gasteiger charge is 2.22. The Morgan fingerprint density at radius 1 is 1.32 bits per heavy atom. The topological polar surface area (TPSA) is 97.1 Å². The van der Waals surface area contributed by atoms with Crippen LogP contribution < -0.4 is 16.4 Å². The van der Waals surface area contributed by atoms with Gasteiger partial charge < -0.3 is 16.4 Å². The van der Waals surface area contributed by atoms with Gasteiger partial charge in [0, 0.05) is 6.04 Å². The fourth-order valence-electron chi connectivity index (χ4n) is 2.91. The number of fused-ring (bicyclic) bond motifs is 1. The first-order valence-electron chi connectivity index (χ1n) is 8.42. The van der Waals surface area contributed by atoms with E-state index in [2.05, 4.69) is 15.6 Å². The minimum Gasteiger partial charge on any atom is -0.347 e. The van der Waals surface area contributed by atoms with Crippen molar-refractivity contribution < 1.29 is 14.0 Å². The summed E-state index contributed by atoms with van der Waals surface area (Å²) in [6.45, 7) is 1.52. The molecular weight excluding hydrogens is 343 g/mol. The Morgan fingerprint density at radius 2 is 2.04 bits per heavy atom. The first-order chi connectivity index (χ1) is 12.0. The van der Waals surface area contributed by atoms with Gasteiger partial charge in [-0.15, -0.1) is 11.3 Å². The molecule has 4 N–H and O–H groups in total. The third-order valence-electron chi connectivity index (χ3n) is 4.30. The Kier molecular flexibility index (Phi) is 5.29. The lowest BCUT2D eigenvalue weighted by atomic mass is 9.95. The molecule has 0 spiro atoms. The van der Waals surface area contributed by atoms with Crippen molar-refractivity contribution in [3.05, 3.63) is 23.0 Å². The standard InChI is InChI=1S/C17H21FN4O2S/c1-9(19)15(23)22-13-11(18)7-8-12-14(13)25-17(21-12)16(24)20-10-5-3-2-4-6-10/h7-10H,2-6,19H2,1H3,(H,20,24)(H,22,23). The molecule has 1 fully saturated rings. The number of benzene rings is 1. The Labute approximate surface area is 149 Å². The number of nitrogens with one attached hydrogen (secondary N) is 2. The normalized spacial score (nSPS) is 16.6. The monoisotopic (exact) mass is 364 g/mol. The molecule has 6 nitrogen and oxygen atoms in total. The van der Waals surface area contributed by atoms with Crippen LogP contribution in [0.15, 0.2) is 12.1 Å². The zero-order chi connectivity index (χ0) is 18.0. The predicted octanol–water partition coefficient (Wildman–Crippen LogP) is 2.78. The summed E-state index contributed by atoms with van der Waals surface area (Å²) in [5, 5.41) is 5.75. The maximum Gasteiger partial charge on any atom is 0.280 e. The van der Waals surface area contributed by atoms with Crippen LogP contribution in [0.4, 0.5) is 10.1 Å². The number of carbonyl (C=O) groups excluding carboxylic acids is 2. The Morgan fingerprint density at radius 3 is 2.72 bits per heavy atom. The summed E-state index contributed by atoms with van der Waals surface area (Å²) >= 11 is 1.07. The Balaban J connectivity index is 1.86. The van der Waals surface area contributed by atoms with Crippen molar-refractivity contribution in [3.63, 3.8) is 0 Å². The third-order valence-corrected chi connectivity index (χ3v) is 5.39. The van der Waals surface area contributed by atoms with Crippen LogP contribution in [0, 0.1) is 5.82 Å². The molecular formula is C17H21FN4O2S. The third kappa shape index (κ3) is 3.96. The average Bonchev–Trinajstić information content (AvgIpc) is 3.03. The number of anilines is 1. The van der Waals surface area contributed by atoms with E-state index in [1.165, 1.54) is 25.5 Å². The van der Waals surface area contributed by atoms with Crippen molar-refractivity contribution in [3.8, 4) is 0 Å². The largest absolute Gasteiger partial charge is 0.347 e. The number of carbonyl (C=O) groups is 2. The summed E-state index contributed by atoms with van der Waals surface area (Å²) in [5.41, 5.74) is 6.02. The number of aromatic nitrogens is 1. The van der Waals surface area contributed by atoms with E-state index in [1.54, 1.807) is 0 Å². The molecule has 1 atom stereocenters. The number of rotatable bonds is 4. The van der Waals surface area contributed by atoms with E-state index in [9.17, 15) is 14.0 Å². The second-order valence-electron chi connectivity index (χ2n) is 6.38. The molecule has 1 aliphatic carbocycles. The van der Waals surface area contributed by atoms with Gasteiger partial charge in [0.1, 0.15) is 5.82 Å². The van der Waals surface area contributed by atoms with Crippen molar-refractivity contribution in [1.82, 2.24) is 10.3 Å². The average molecular weight is 364 g/mol. The van der Waals surface area contributed by atoms with Gasteiger partial charge in [-0.3, -0.25) is 9.59 Å². The van der Waals surface area contributed by atoms with E-state index in [-0.39, 0.29) is 22.6 Å². The zero-order valence-electron chi connectivity index (χ0n) is 14.0. The minimum atomic E-state index is -0.767. The van der Waals surface area contributed by atoms with Gasteiger partial charge in [-0.2, -0.15) is 0 Å². The molecule has 2 amide bonds. The molecule has 1 aromatic heterocycles. The number of nitrogens with two attached hydrogens (primary N) is 1. The van der Waals surface area contributed by atoms with Crippen LogP contribution >= 0.6 is 11.3 Å². The van der Waals surface area contributed by atoms with E-state index >= 15 is 0 Å². The molecule has 1 saturated carbocycles. The molecule has 0 radical (unpaired) electrons. The van der Waals surface area contributed by atoms with Crippen LogP contribution in [0.2, 0.25) is 0 Å². The summed E-state index contributed by atoms with van der Waals surface area (Å²) < 4.78 is 14.6. The van der Waals surface area contributed by atoms with Crippen LogP contribution in [-0.4, -0.2) is 28.9 Å². The molecule has 0 bridgehead atoms. The van der Waals surface area contributed by atoms with E-state index in [0.29, 0.717) is 10.2 Å². The van der Waals surface area contributed by atoms with Gasteiger partial charge in [-0.25, -0.2) is 9.37 Å². The molecule has 1 unspecified atom stereocenters. The number of thiazole rings is 1. The lowest BCUT2D eigenvalue weighted by Gasteiger charge is -2.22. The van der Waals surface area contributed by atoms with Gasteiger partial charge in [0.15, 0.2) is 5.01 Å². The number of halogens is 1. The quantitative estimate of drug-likeness (QED) is 0.777. The van der Waals surface area contributed by atoms with E-state index in [4.69, 9.17) is 5.73 Å². The van der Waals surface area contributed by atoms with Gasteiger partial charge in [0.2, 0.25) is 5.91 Å². The lowest BCUT2D eigenvalue weighted by molar-refractivity contribution is -0.117. The minimum absolute atomic E-state index is 0.0222. The van der Waals surface area contributed by atoms with Crippen LogP contribution in [0.3, 0.4) is 0 Å². The van der Waals surface area contributed by atoms with E-state index in [0.717, 1.165) is 37.0 Å². The Hall–Kier alpha value is -2.06. The Bertz CT molecular complexity index is 799. The second-order valence-corrected chi connectivity index (χ2v) is 7.38. The second kappa shape index (κ2) is 7.45. The summed E-state index contributed by atoms with van der Waals surface area (Å²) in [7, 11) is 0. The zero-order valence-corrected chi connectivity index (χ0v) is 14.8. The maximum absolute atomic E-state index is 14.1. The van der Waals surface area contributed by atoms with Crippen molar-refractivity contribution in [2.45, 2.75) is 51.1 Å². The van der Waals surface area contributed by atoms with Gasteiger partial charge >= 0.3 is 0 Å². The van der Waals surface area contributed by atoms with Crippen molar-refractivity contribution >= 4 is 39.1 Å². The molecule has 2 aromatic rings. The molecule has 1 heterocycles. The number of nitrogens with zero attached hydrogens (tertiary/aromatic N) is 1. The highest BCUT2D eigenvalue weighted by Crippen LogP contribution is 2.32. The molecule has 1 aromatic carbocycles. The molecule has 8 heteroatoms. The van der Waals surface area contributed by atoms with E-state index in [1.807, 2.05) is 0 Å². The summed E-state index contributed by atoms with van der Waals surface area (Å²) in [5.74, 6) is -1.32. The highest BCUT2D eigenvalue weighted by molar-refractivity contribution is 7.21. The summed E-state index contributed by atoms with van der Waals surface area (Å²) in [4.78, 5) is 28.5. The van der Waals surface area contributed by atoms with Crippen molar-refractivity contribution in [1.29, 1.82) is 0 Å². The predicted molar refractivity (Wildman–Crippen MR) is 96.2 cm³/mol. The first-order valence-corrected chi connectivity index (χ1v) is 9.23. The van der Waals surface area contributed by atoms with Crippen LogP contribution in [-0.2, 0) is 4.79 Å². The van der Waals surface area contributed by atoms with Crippen molar-refractivity contribution in [2.75, 3.05) is 5.32 Å². The first kappa shape index (κ1) is 17.8. The number of hydrogen-bond acceptors (Lipinski definition) is 5. The summed E-state index contributed by atoms with van der Waals surface area (Å²) in [6.07, 6.45) is 5.38. The van der Waals surface area contributed by atoms with E-state index < -0.39 is 17.8 Å². The fraction of sp³-hybridized carbons (Fsp3) is 0.471. The fourth-order valence-corrected chi connectivity index (χ4v) is 3.87. The highest BCUT2D eigenvalue weighted by atomic mass is 32.1. The number of hydrogen-bond donors (Lipinski definition) is 3. The molecule has 1 aliphatic rings. The van der Waals surface area contributed by atoms with Gasteiger partial charge in [0.05, 0.1) is 21.9 Å². The lowest BCUT2D eigenvalue weighted by Crippen LogP contribution is -2.36. The molecule has 0 aliphatic heterocycles. The molecule has 134 valence electrons. The number of amides is 2. The smallest absolute Gasteiger partial charge is 0.280 e. The SMILES string of the molecule is CC(N)C(=O)Nc1c(F)ccc2nc(C(=O)NC3CCCCC3)sc12. The molecule has 25 heavy (non-hydrogen) atoms. The van der Waals surface area contributed by atoms with Crippen LogP contribution in [0.25, 0.3) is 10.2 Å². The van der Waals surface area contributed by atoms with Crippen molar-refractivity contribution in [2.24, 2.45) is 5.73 Å². The van der Waals surface area contributed by atoms with Gasteiger partial charge in [-0.1, -0.05) is 19.3 Å². The molecule has 0 saturated heterocycles. The van der Waals surface area contributed by atoms with Crippen LogP contribution in [0.1, 0.15) is 48.8 Å². The van der Waals surface area contributed by atoms with Gasteiger partial charge in [-0.05, 0) is 31.9 Å².